The number of fused-ring (bicyclic) bond motifs is 1. The Morgan fingerprint density at radius 3 is 2.55 bits per heavy atom. The van der Waals surface area contributed by atoms with Gasteiger partial charge in [-0.1, -0.05) is 10.3 Å². The molecule has 2 aliphatic rings. The quantitative estimate of drug-likeness (QED) is 0.426. The summed E-state index contributed by atoms with van der Waals surface area (Å²) in [6.45, 7) is 0.949. The van der Waals surface area contributed by atoms with Gasteiger partial charge in [-0.25, -0.2) is 9.79 Å². The van der Waals surface area contributed by atoms with Crippen LogP contribution in [-0.2, 0) is 4.79 Å². The fourth-order valence-corrected chi connectivity index (χ4v) is 1.92. The molecule has 2 heterocycles. The first kappa shape index (κ1) is 14.7. The highest BCUT2D eigenvalue weighted by molar-refractivity contribution is 6.25. The molecule has 0 radical (unpaired) electrons. The fourth-order valence-electron chi connectivity index (χ4n) is 1.53. The largest absolute Gasteiger partial charge is 0.326 e. The van der Waals surface area contributed by atoms with Crippen molar-refractivity contribution in [1.82, 2.24) is 15.6 Å². The van der Waals surface area contributed by atoms with Gasteiger partial charge >= 0.3 is 6.03 Å². The lowest BCUT2D eigenvalue weighted by atomic mass is 10.2. The summed E-state index contributed by atoms with van der Waals surface area (Å²) in [7, 11) is 0. The van der Waals surface area contributed by atoms with Gasteiger partial charge in [0.15, 0.2) is 6.04 Å². The second-order valence-electron chi connectivity index (χ2n) is 3.79. The van der Waals surface area contributed by atoms with Gasteiger partial charge in [0.25, 0.3) is 11.9 Å². The first-order valence-corrected chi connectivity index (χ1v) is 6.77. The Morgan fingerprint density at radius 1 is 1.20 bits per heavy atom. The van der Waals surface area contributed by atoms with Gasteiger partial charge in [0.05, 0.1) is 13.1 Å². The Bertz CT molecular complexity index is 499. The first-order chi connectivity index (χ1) is 9.63. The molecule has 1 fully saturated rings. The number of carbonyl (C=O) groups is 2. The summed E-state index contributed by atoms with van der Waals surface area (Å²) in [6, 6.07) is -1.51. The molecule has 108 valence electrons. The van der Waals surface area contributed by atoms with Crippen molar-refractivity contribution in [1.29, 1.82) is 0 Å². The number of imide groups is 1. The molecule has 2 N–H and O–H groups in total. The predicted octanol–water partition coefficient (Wildman–Crippen LogP) is 0.109. The Morgan fingerprint density at radius 2 is 1.90 bits per heavy atom. The van der Waals surface area contributed by atoms with Crippen molar-refractivity contribution < 1.29 is 9.59 Å². The Balaban J connectivity index is 2.05. The van der Waals surface area contributed by atoms with Gasteiger partial charge in [-0.2, -0.15) is 4.99 Å². The van der Waals surface area contributed by atoms with E-state index in [0.29, 0.717) is 24.8 Å². The molecule has 1 atom stereocenters. The van der Waals surface area contributed by atoms with Crippen LogP contribution in [-0.4, -0.2) is 59.6 Å². The maximum atomic E-state index is 11.5. The Kier molecular flexibility index (Phi) is 4.85. The number of hydrogen-bond donors (Lipinski definition) is 2. The van der Waals surface area contributed by atoms with E-state index in [9.17, 15) is 9.59 Å². The molecule has 0 aromatic rings. The minimum Gasteiger partial charge on any atom is -0.293 e. The minimum atomic E-state index is -0.879. The molecule has 2 aliphatic heterocycles. The Labute approximate surface area is 124 Å². The van der Waals surface area contributed by atoms with Gasteiger partial charge in [-0.3, -0.25) is 20.4 Å². The van der Waals surface area contributed by atoms with Crippen LogP contribution >= 0.6 is 23.2 Å². The monoisotopic (exact) mass is 319 g/mol. The van der Waals surface area contributed by atoms with E-state index in [2.05, 4.69) is 31.0 Å². The predicted molar refractivity (Wildman–Crippen MR) is 73.2 cm³/mol. The third-order valence-electron chi connectivity index (χ3n) is 2.40. The summed E-state index contributed by atoms with van der Waals surface area (Å²) >= 11 is 11.2. The number of aliphatic imine (C=N–C) groups is 2. The van der Waals surface area contributed by atoms with Gasteiger partial charge in [-0.05, 0) is 0 Å². The van der Waals surface area contributed by atoms with E-state index >= 15 is 0 Å². The van der Waals surface area contributed by atoms with Crippen LogP contribution in [0.4, 0.5) is 4.79 Å². The normalized spacial score (nSPS) is 21.2. The van der Waals surface area contributed by atoms with Crippen LogP contribution in [0.25, 0.3) is 0 Å². The molecule has 0 spiro atoms. The van der Waals surface area contributed by atoms with Crippen molar-refractivity contribution >= 4 is 46.9 Å². The molecule has 1 unspecified atom stereocenters. The number of halogens is 2. The second kappa shape index (κ2) is 6.62. The first-order valence-electron chi connectivity index (χ1n) is 5.71. The average molecular weight is 320 g/mol. The average Bonchev–Trinajstić information content (AvgIpc) is 2.79. The Hall–Kier alpha value is -1.74. The molecule has 2 rings (SSSR count). The van der Waals surface area contributed by atoms with E-state index in [1.54, 1.807) is 5.01 Å². The van der Waals surface area contributed by atoms with Crippen LogP contribution < -0.4 is 10.6 Å². The van der Waals surface area contributed by atoms with E-state index < -0.39 is 18.0 Å². The minimum absolute atomic E-state index is 0.0106. The van der Waals surface area contributed by atoms with Crippen molar-refractivity contribution in [2.75, 3.05) is 24.8 Å². The number of nitrogens with one attached hydrogen (secondary N) is 2. The smallest absolute Gasteiger partial charge is 0.293 e. The third-order valence-corrected chi connectivity index (χ3v) is 2.73. The highest BCUT2D eigenvalue weighted by Crippen LogP contribution is 2.09. The standard InChI is InChI=1S/C9H11Cl2N7O2/c10-1-3-18(4-2-11)17-16-8-12-5-6(13-8)14-9(20)15-7(5)19/h5H,1-4H2,(H2,12,13,14,15,19,20)/b17-16+. The number of urea groups is 1. The molecule has 20 heavy (non-hydrogen) atoms. The highest BCUT2D eigenvalue weighted by Gasteiger charge is 2.36. The van der Waals surface area contributed by atoms with Crippen molar-refractivity contribution in [2.45, 2.75) is 6.04 Å². The maximum Gasteiger partial charge on any atom is 0.326 e. The molecular weight excluding hydrogens is 309 g/mol. The summed E-state index contributed by atoms with van der Waals surface area (Å²) in [5.41, 5.74) is 0. The van der Waals surface area contributed by atoms with Gasteiger partial charge in [0, 0.05) is 11.8 Å². The van der Waals surface area contributed by atoms with Gasteiger partial charge in [-0.15, -0.1) is 23.2 Å². The highest BCUT2D eigenvalue weighted by atomic mass is 35.5. The molecule has 9 nitrogen and oxygen atoms in total. The fraction of sp³-hybridized carbons (Fsp3) is 0.556. The number of guanidine groups is 1. The zero-order valence-electron chi connectivity index (χ0n) is 10.2. The van der Waals surface area contributed by atoms with Crippen LogP contribution in [0.15, 0.2) is 20.3 Å². The number of rotatable bonds is 5. The van der Waals surface area contributed by atoms with Crippen LogP contribution in [0.2, 0.25) is 0 Å². The number of nitrogens with zero attached hydrogens (tertiary/aromatic N) is 5. The van der Waals surface area contributed by atoms with E-state index in [0.717, 1.165) is 0 Å². The SMILES string of the molecule is O=C1NC(=O)C2N=C(/N=N/N(CCCl)CCCl)N=C2N1. The summed E-state index contributed by atoms with van der Waals surface area (Å²) < 4.78 is 0. The van der Waals surface area contributed by atoms with Gasteiger partial charge in [0.2, 0.25) is 0 Å². The lowest BCUT2D eigenvalue weighted by Crippen LogP contribution is -2.57. The van der Waals surface area contributed by atoms with E-state index in [1.807, 2.05) is 0 Å². The van der Waals surface area contributed by atoms with Gasteiger partial charge < -0.3 is 0 Å². The van der Waals surface area contributed by atoms with E-state index in [4.69, 9.17) is 23.2 Å². The lowest BCUT2D eigenvalue weighted by molar-refractivity contribution is -0.120. The summed E-state index contributed by atoms with van der Waals surface area (Å²) in [6.07, 6.45) is 0. The number of hydrogen-bond acceptors (Lipinski definition) is 6. The molecule has 0 saturated carbocycles. The topological polar surface area (TPSA) is 111 Å². The van der Waals surface area contributed by atoms with Crippen molar-refractivity contribution in [3.63, 3.8) is 0 Å². The molecule has 0 aliphatic carbocycles. The molecular formula is C9H11Cl2N7O2. The molecule has 1 saturated heterocycles. The lowest BCUT2D eigenvalue weighted by Gasteiger charge is -2.16. The number of amides is 3. The number of amidine groups is 1. The number of carbonyl (C=O) groups excluding carboxylic acids is 2. The summed E-state index contributed by atoms with van der Waals surface area (Å²) in [5, 5.41) is 13.7. The number of alkyl halides is 2. The van der Waals surface area contributed by atoms with Crippen molar-refractivity contribution in [3.05, 3.63) is 0 Å². The van der Waals surface area contributed by atoms with Crippen molar-refractivity contribution in [2.24, 2.45) is 20.3 Å². The second-order valence-corrected chi connectivity index (χ2v) is 4.55. The third kappa shape index (κ3) is 3.42. The molecule has 0 bridgehead atoms. The zero-order chi connectivity index (χ0) is 14.5. The molecule has 0 aromatic heterocycles. The van der Waals surface area contributed by atoms with Crippen LogP contribution in [0, 0.1) is 0 Å². The van der Waals surface area contributed by atoms with E-state index in [-0.39, 0.29) is 11.8 Å². The van der Waals surface area contributed by atoms with Gasteiger partial charge in [0.1, 0.15) is 5.84 Å². The van der Waals surface area contributed by atoms with Crippen molar-refractivity contribution in [3.8, 4) is 0 Å². The van der Waals surface area contributed by atoms with E-state index in [1.165, 1.54) is 0 Å². The molecule has 11 heteroatoms. The van der Waals surface area contributed by atoms with Crippen LogP contribution in [0.1, 0.15) is 0 Å². The van der Waals surface area contributed by atoms with Crippen LogP contribution in [0.5, 0.6) is 0 Å². The maximum absolute atomic E-state index is 11.5. The van der Waals surface area contributed by atoms with Crippen LogP contribution in [0.3, 0.4) is 0 Å². The summed E-state index contributed by atoms with van der Waals surface area (Å²) in [5.74, 6) is 0.359. The summed E-state index contributed by atoms with van der Waals surface area (Å²) in [4.78, 5) is 30.5. The zero-order valence-corrected chi connectivity index (χ0v) is 11.7. The molecule has 3 amide bonds. The molecule has 0 aromatic carbocycles.